The second kappa shape index (κ2) is 11.6. The van der Waals surface area contributed by atoms with Gasteiger partial charge in [0.05, 0.1) is 36.6 Å². The van der Waals surface area contributed by atoms with E-state index in [9.17, 15) is 10.1 Å². The van der Waals surface area contributed by atoms with Gasteiger partial charge in [-0.05, 0) is 43.8 Å². The summed E-state index contributed by atoms with van der Waals surface area (Å²) in [4.78, 5) is 14.3. The molecule has 35 heavy (non-hydrogen) atoms. The lowest BCUT2D eigenvalue weighted by molar-refractivity contribution is 0.0358. The van der Waals surface area contributed by atoms with Crippen LogP contribution in [-0.4, -0.2) is 55.0 Å². The monoisotopic (exact) mass is 473 g/mol. The SMILES string of the molecule is C=CNC(=O)Nc1cccc(-c2c(C#N)c3ccc(OCCCN4CCOCC4)cc3n2CC)c1. The Morgan fingerprint density at radius 3 is 2.83 bits per heavy atom. The molecule has 0 bridgehead atoms. The fourth-order valence-corrected chi connectivity index (χ4v) is 4.47. The summed E-state index contributed by atoms with van der Waals surface area (Å²) in [5, 5.41) is 16.2. The van der Waals surface area contributed by atoms with Crippen LogP contribution >= 0.6 is 0 Å². The average molecular weight is 474 g/mol. The van der Waals surface area contributed by atoms with Crippen LogP contribution in [0.15, 0.2) is 55.2 Å². The highest BCUT2D eigenvalue weighted by molar-refractivity contribution is 5.96. The van der Waals surface area contributed by atoms with Crippen molar-refractivity contribution in [1.82, 2.24) is 14.8 Å². The summed E-state index contributed by atoms with van der Waals surface area (Å²) in [7, 11) is 0. The normalized spacial score (nSPS) is 13.8. The molecule has 0 unspecified atom stereocenters. The molecule has 0 saturated carbocycles. The number of aryl methyl sites for hydroxylation is 1. The number of anilines is 1. The largest absolute Gasteiger partial charge is 0.493 e. The van der Waals surface area contributed by atoms with Crippen LogP contribution in [0.3, 0.4) is 0 Å². The Hall–Kier alpha value is -3.80. The van der Waals surface area contributed by atoms with Crippen LogP contribution in [0.4, 0.5) is 10.5 Å². The van der Waals surface area contributed by atoms with Crippen molar-refractivity contribution >= 4 is 22.6 Å². The minimum absolute atomic E-state index is 0.371. The zero-order valence-electron chi connectivity index (χ0n) is 20.0. The topological polar surface area (TPSA) is 91.6 Å². The van der Waals surface area contributed by atoms with Gasteiger partial charge in [0.2, 0.25) is 0 Å². The molecule has 1 aliphatic rings. The molecular weight excluding hydrogens is 442 g/mol. The van der Waals surface area contributed by atoms with Gasteiger partial charge in [-0.1, -0.05) is 18.7 Å². The smallest absolute Gasteiger partial charge is 0.323 e. The summed E-state index contributed by atoms with van der Waals surface area (Å²) in [5.74, 6) is 0.791. The Morgan fingerprint density at radius 2 is 2.09 bits per heavy atom. The van der Waals surface area contributed by atoms with Crippen LogP contribution in [-0.2, 0) is 11.3 Å². The van der Waals surface area contributed by atoms with E-state index in [1.165, 1.54) is 6.20 Å². The number of benzene rings is 2. The Balaban J connectivity index is 1.57. The number of nitriles is 1. The van der Waals surface area contributed by atoms with Crippen LogP contribution in [0.2, 0.25) is 0 Å². The fraction of sp³-hybridized carbons (Fsp3) is 0.333. The molecule has 4 rings (SSSR count). The minimum Gasteiger partial charge on any atom is -0.493 e. The van der Waals surface area contributed by atoms with Gasteiger partial charge in [-0.15, -0.1) is 0 Å². The molecule has 0 spiro atoms. The maximum absolute atomic E-state index is 11.9. The predicted octanol–water partition coefficient (Wildman–Crippen LogP) is 4.57. The van der Waals surface area contributed by atoms with E-state index in [2.05, 4.69) is 39.7 Å². The molecule has 0 atom stereocenters. The lowest BCUT2D eigenvalue weighted by atomic mass is 10.1. The number of urea groups is 1. The first-order valence-electron chi connectivity index (χ1n) is 11.9. The second-order valence-electron chi connectivity index (χ2n) is 8.30. The number of nitrogens with zero attached hydrogens (tertiary/aromatic N) is 3. The number of hydrogen-bond acceptors (Lipinski definition) is 5. The maximum Gasteiger partial charge on any atom is 0.323 e. The molecule has 2 N–H and O–H groups in total. The maximum atomic E-state index is 11.9. The van der Waals surface area contributed by atoms with Crippen molar-refractivity contribution in [2.24, 2.45) is 0 Å². The number of fused-ring (bicyclic) bond motifs is 1. The number of rotatable bonds is 9. The average Bonchev–Trinajstić information content (AvgIpc) is 3.20. The first-order chi connectivity index (χ1) is 17.1. The van der Waals surface area contributed by atoms with Gasteiger partial charge in [-0.2, -0.15) is 5.26 Å². The lowest BCUT2D eigenvalue weighted by Gasteiger charge is -2.26. The van der Waals surface area contributed by atoms with E-state index in [0.29, 0.717) is 24.4 Å². The predicted molar refractivity (Wildman–Crippen MR) is 137 cm³/mol. The molecule has 2 aromatic carbocycles. The number of carbonyl (C=O) groups is 1. The van der Waals surface area contributed by atoms with Gasteiger partial charge in [0.1, 0.15) is 11.8 Å². The molecule has 1 aliphatic heterocycles. The van der Waals surface area contributed by atoms with Crippen LogP contribution in [0, 0.1) is 11.3 Å². The van der Waals surface area contributed by atoms with Gasteiger partial charge in [0.25, 0.3) is 0 Å². The quantitative estimate of drug-likeness (QED) is 0.445. The van der Waals surface area contributed by atoms with Crippen molar-refractivity contribution in [1.29, 1.82) is 5.26 Å². The summed E-state index contributed by atoms with van der Waals surface area (Å²) in [6.45, 7) is 11.4. The van der Waals surface area contributed by atoms with Gasteiger partial charge >= 0.3 is 6.03 Å². The van der Waals surface area contributed by atoms with E-state index in [-0.39, 0.29) is 6.03 Å². The van der Waals surface area contributed by atoms with E-state index >= 15 is 0 Å². The summed E-state index contributed by atoms with van der Waals surface area (Å²) < 4.78 is 13.6. The first kappa shape index (κ1) is 24.3. The van der Waals surface area contributed by atoms with Crippen LogP contribution in [0.1, 0.15) is 18.9 Å². The zero-order chi connectivity index (χ0) is 24.6. The van der Waals surface area contributed by atoms with Crippen LogP contribution < -0.4 is 15.4 Å². The molecule has 0 radical (unpaired) electrons. The van der Waals surface area contributed by atoms with Gasteiger partial charge < -0.3 is 24.7 Å². The molecule has 8 heteroatoms. The van der Waals surface area contributed by atoms with Crippen molar-refractivity contribution < 1.29 is 14.3 Å². The Morgan fingerprint density at radius 1 is 1.26 bits per heavy atom. The molecule has 2 heterocycles. The van der Waals surface area contributed by atoms with Crippen molar-refractivity contribution in [3.05, 3.63) is 60.8 Å². The summed E-state index contributed by atoms with van der Waals surface area (Å²) >= 11 is 0. The molecule has 8 nitrogen and oxygen atoms in total. The molecule has 1 aromatic heterocycles. The number of morpholine rings is 1. The van der Waals surface area contributed by atoms with Crippen LogP contribution in [0.25, 0.3) is 22.2 Å². The zero-order valence-corrected chi connectivity index (χ0v) is 20.0. The fourth-order valence-electron chi connectivity index (χ4n) is 4.47. The van der Waals surface area contributed by atoms with Gasteiger partial charge in [0, 0.05) is 48.9 Å². The Bertz CT molecular complexity index is 1240. The van der Waals surface area contributed by atoms with Gasteiger partial charge in [0.15, 0.2) is 0 Å². The molecule has 1 fully saturated rings. The highest BCUT2D eigenvalue weighted by atomic mass is 16.5. The Labute approximate surface area is 205 Å². The van der Waals surface area contributed by atoms with Crippen molar-refractivity contribution in [2.75, 3.05) is 44.8 Å². The van der Waals surface area contributed by atoms with E-state index in [1.807, 2.05) is 36.4 Å². The number of nitrogens with one attached hydrogen (secondary N) is 2. The minimum atomic E-state index is -0.371. The second-order valence-corrected chi connectivity index (χ2v) is 8.30. The van der Waals surface area contributed by atoms with E-state index in [1.54, 1.807) is 6.07 Å². The van der Waals surface area contributed by atoms with E-state index in [4.69, 9.17) is 9.47 Å². The number of carbonyl (C=O) groups excluding carboxylic acids is 1. The summed E-state index contributed by atoms with van der Waals surface area (Å²) in [6, 6.07) is 15.4. The number of hydrogen-bond donors (Lipinski definition) is 2. The highest BCUT2D eigenvalue weighted by Gasteiger charge is 2.19. The van der Waals surface area contributed by atoms with Crippen molar-refractivity contribution in [3.8, 4) is 23.1 Å². The third-order valence-electron chi connectivity index (χ3n) is 6.08. The first-order valence-corrected chi connectivity index (χ1v) is 11.9. The molecule has 3 aromatic rings. The van der Waals surface area contributed by atoms with E-state index < -0.39 is 0 Å². The van der Waals surface area contributed by atoms with Crippen molar-refractivity contribution in [3.63, 3.8) is 0 Å². The lowest BCUT2D eigenvalue weighted by Crippen LogP contribution is -2.37. The van der Waals surface area contributed by atoms with Crippen LogP contribution in [0.5, 0.6) is 5.75 Å². The molecular formula is C27H31N5O3. The third kappa shape index (κ3) is 5.65. The highest BCUT2D eigenvalue weighted by Crippen LogP contribution is 2.36. The molecule has 2 amide bonds. The van der Waals surface area contributed by atoms with Crippen molar-refractivity contribution in [2.45, 2.75) is 19.9 Å². The Kier molecular flexibility index (Phi) is 8.03. The number of ether oxygens (including phenoxy) is 2. The number of aromatic nitrogens is 1. The summed E-state index contributed by atoms with van der Waals surface area (Å²) in [6.07, 6.45) is 2.27. The summed E-state index contributed by atoms with van der Waals surface area (Å²) in [5.41, 5.74) is 3.86. The van der Waals surface area contributed by atoms with Gasteiger partial charge in [-0.25, -0.2) is 4.79 Å². The van der Waals surface area contributed by atoms with E-state index in [0.717, 1.165) is 67.2 Å². The molecule has 1 saturated heterocycles. The number of amides is 2. The van der Waals surface area contributed by atoms with Gasteiger partial charge in [-0.3, -0.25) is 4.90 Å². The molecule has 0 aliphatic carbocycles. The molecule has 182 valence electrons. The standard InChI is InChI=1S/C27H31N5O3/c1-3-29-27(33)30-21-8-5-7-20(17-21)26-24(19-28)23-10-9-22(18-25(23)32(26)4-2)35-14-6-11-31-12-15-34-16-13-31/h3,5,7-10,17-18H,1,4,6,11-16H2,2H3,(H2,29,30,33). The third-order valence-corrected chi connectivity index (χ3v) is 6.08.